The lowest BCUT2D eigenvalue weighted by Gasteiger charge is -2.21. The van der Waals surface area contributed by atoms with Gasteiger partial charge < -0.3 is 5.32 Å². The minimum atomic E-state index is -0.380. The van der Waals surface area contributed by atoms with E-state index in [1.807, 2.05) is 13.8 Å². The van der Waals surface area contributed by atoms with Crippen molar-refractivity contribution in [2.24, 2.45) is 0 Å². The van der Waals surface area contributed by atoms with E-state index in [1.165, 1.54) is 4.90 Å². The third-order valence-corrected chi connectivity index (χ3v) is 2.87. The van der Waals surface area contributed by atoms with Crippen LogP contribution in [0.4, 0.5) is 0 Å². The lowest BCUT2D eigenvalue weighted by Crippen LogP contribution is -2.42. The van der Waals surface area contributed by atoms with Gasteiger partial charge in [-0.05, 0) is 13.3 Å². The highest BCUT2D eigenvalue weighted by atomic mass is 16.2. The summed E-state index contributed by atoms with van der Waals surface area (Å²) < 4.78 is 0. The topological polar surface area (TPSA) is 49.4 Å². The molecule has 88 valence electrons. The van der Waals surface area contributed by atoms with Gasteiger partial charge in [-0.3, -0.25) is 14.5 Å². The predicted molar refractivity (Wildman–Crippen MR) is 61.5 cm³/mol. The fourth-order valence-corrected chi connectivity index (χ4v) is 1.77. The van der Waals surface area contributed by atoms with E-state index in [0.29, 0.717) is 13.0 Å². The molecule has 1 fully saturated rings. The molecule has 1 aliphatic heterocycles. The van der Waals surface area contributed by atoms with Gasteiger partial charge in [-0.1, -0.05) is 6.92 Å². The van der Waals surface area contributed by atoms with E-state index in [0.717, 1.165) is 6.42 Å². The SMILES string of the molecule is C#CCCNC1CC(=O)N(C(C)CC)C1=O. The van der Waals surface area contributed by atoms with Crippen molar-refractivity contribution in [3.63, 3.8) is 0 Å². The van der Waals surface area contributed by atoms with Crippen molar-refractivity contribution in [2.45, 2.75) is 45.2 Å². The first-order valence-corrected chi connectivity index (χ1v) is 5.64. The van der Waals surface area contributed by atoms with Gasteiger partial charge in [-0.15, -0.1) is 12.3 Å². The maximum absolute atomic E-state index is 11.9. The first-order valence-electron chi connectivity index (χ1n) is 5.64. The van der Waals surface area contributed by atoms with Gasteiger partial charge in [0.2, 0.25) is 11.8 Å². The number of imide groups is 1. The second kappa shape index (κ2) is 5.66. The van der Waals surface area contributed by atoms with Gasteiger partial charge >= 0.3 is 0 Å². The van der Waals surface area contributed by atoms with Gasteiger partial charge in [-0.25, -0.2) is 0 Å². The molecular formula is C12H18N2O2. The summed E-state index contributed by atoms with van der Waals surface area (Å²) in [6.45, 7) is 4.43. The molecule has 0 radical (unpaired) electrons. The van der Waals surface area contributed by atoms with Crippen molar-refractivity contribution in [2.75, 3.05) is 6.54 Å². The van der Waals surface area contributed by atoms with Crippen LogP contribution in [-0.2, 0) is 9.59 Å². The quantitative estimate of drug-likeness (QED) is 0.419. The summed E-state index contributed by atoms with van der Waals surface area (Å²) in [5.41, 5.74) is 0. The molecule has 0 spiro atoms. The van der Waals surface area contributed by atoms with Gasteiger partial charge in [0.05, 0.1) is 12.5 Å². The molecule has 0 aromatic carbocycles. The van der Waals surface area contributed by atoms with Crippen molar-refractivity contribution in [3.8, 4) is 12.3 Å². The number of nitrogens with one attached hydrogen (secondary N) is 1. The fourth-order valence-electron chi connectivity index (χ4n) is 1.77. The Kier molecular flexibility index (Phi) is 4.51. The Labute approximate surface area is 96.4 Å². The summed E-state index contributed by atoms with van der Waals surface area (Å²) in [6.07, 6.45) is 6.73. The maximum Gasteiger partial charge on any atom is 0.247 e. The van der Waals surface area contributed by atoms with Gasteiger partial charge in [-0.2, -0.15) is 0 Å². The maximum atomic E-state index is 11.9. The molecule has 16 heavy (non-hydrogen) atoms. The molecule has 4 nitrogen and oxygen atoms in total. The Morgan fingerprint density at radius 1 is 1.62 bits per heavy atom. The van der Waals surface area contributed by atoms with E-state index in [2.05, 4.69) is 11.2 Å². The number of carbonyl (C=O) groups excluding carboxylic acids is 2. The van der Waals surface area contributed by atoms with Crippen LogP contribution in [0.15, 0.2) is 0 Å². The summed E-state index contributed by atoms with van der Waals surface area (Å²) >= 11 is 0. The molecule has 1 N–H and O–H groups in total. The molecule has 2 amide bonds. The molecule has 0 bridgehead atoms. The Hall–Kier alpha value is -1.34. The number of nitrogens with zero attached hydrogens (tertiary/aromatic N) is 1. The monoisotopic (exact) mass is 222 g/mol. The molecule has 1 saturated heterocycles. The van der Waals surface area contributed by atoms with E-state index < -0.39 is 0 Å². The molecular weight excluding hydrogens is 204 g/mol. The summed E-state index contributed by atoms with van der Waals surface area (Å²) in [5, 5.41) is 3.02. The second-order valence-electron chi connectivity index (χ2n) is 4.02. The standard InChI is InChI=1S/C12H18N2O2/c1-4-6-7-13-10-8-11(15)14(12(10)16)9(3)5-2/h1,9-10,13H,5-8H2,2-3H3. The van der Waals surface area contributed by atoms with Crippen LogP contribution in [0.1, 0.15) is 33.1 Å². The normalized spacial score (nSPS) is 22.3. The third kappa shape index (κ3) is 2.61. The number of carbonyl (C=O) groups is 2. The fraction of sp³-hybridized carbons (Fsp3) is 0.667. The molecule has 1 heterocycles. The molecule has 4 heteroatoms. The van der Waals surface area contributed by atoms with Crippen LogP contribution in [0, 0.1) is 12.3 Å². The zero-order chi connectivity index (χ0) is 12.1. The highest BCUT2D eigenvalue weighted by Crippen LogP contribution is 2.17. The number of hydrogen-bond donors (Lipinski definition) is 1. The smallest absolute Gasteiger partial charge is 0.247 e. The molecule has 1 rings (SSSR count). The predicted octanol–water partition coefficient (Wildman–Crippen LogP) is 0.525. The lowest BCUT2D eigenvalue weighted by molar-refractivity contribution is -0.141. The highest BCUT2D eigenvalue weighted by Gasteiger charge is 2.39. The Morgan fingerprint density at radius 2 is 2.31 bits per heavy atom. The average Bonchev–Trinajstić information content (AvgIpc) is 2.54. The third-order valence-electron chi connectivity index (χ3n) is 2.87. The van der Waals surface area contributed by atoms with Gasteiger partial charge in [0, 0.05) is 19.0 Å². The Morgan fingerprint density at radius 3 is 2.88 bits per heavy atom. The van der Waals surface area contributed by atoms with E-state index in [-0.39, 0.29) is 30.3 Å². The molecule has 1 aliphatic rings. The van der Waals surface area contributed by atoms with Crippen molar-refractivity contribution >= 4 is 11.8 Å². The Balaban J connectivity index is 2.57. The molecule has 0 saturated carbocycles. The van der Waals surface area contributed by atoms with Crippen LogP contribution in [0.25, 0.3) is 0 Å². The molecule has 0 aromatic rings. The summed E-state index contributed by atoms with van der Waals surface area (Å²) in [4.78, 5) is 24.9. The zero-order valence-corrected chi connectivity index (χ0v) is 9.82. The van der Waals surface area contributed by atoms with Crippen LogP contribution < -0.4 is 5.32 Å². The number of hydrogen-bond acceptors (Lipinski definition) is 3. The molecule has 0 aromatic heterocycles. The minimum Gasteiger partial charge on any atom is -0.304 e. The van der Waals surface area contributed by atoms with Crippen molar-refractivity contribution in [3.05, 3.63) is 0 Å². The van der Waals surface area contributed by atoms with E-state index in [4.69, 9.17) is 6.42 Å². The van der Waals surface area contributed by atoms with Gasteiger partial charge in [0.15, 0.2) is 0 Å². The number of terminal acetylenes is 1. The average molecular weight is 222 g/mol. The summed E-state index contributed by atoms with van der Waals surface area (Å²) in [5.74, 6) is 2.29. The van der Waals surface area contributed by atoms with Crippen molar-refractivity contribution < 1.29 is 9.59 Å². The first kappa shape index (κ1) is 12.7. The van der Waals surface area contributed by atoms with E-state index >= 15 is 0 Å². The largest absolute Gasteiger partial charge is 0.304 e. The van der Waals surface area contributed by atoms with Crippen molar-refractivity contribution in [1.29, 1.82) is 0 Å². The highest BCUT2D eigenvalue weighted by molar-refractivity contribution is 6.05. The number of likely N-dealkylation sites (tertiary alicyclic amines) is 1. The second-order valence-corrected chi connectivity index (χ2v) is 4.02. The van der Waals surface area contributed by atoms with E-state index in [1.54, 1.807) is 0 Å². The first-order chi connectivity index (χ1) is 7.61. The van der Waals surface area contributed by atoms with E-state index in [9.17, 15) is 9.59 Å². The molecule has 0 aliphatic carbocycles. The zero-order valence-electron chi connectivity index (χ0n) is 9.82. The van der Waals surface area contributed by atoms with Crippen molar-refractivity contribution in [1.82, 2.24) is 10.2 Å². The van der Waals surface area contributed by atoms with Crippen LogP contribution in [-0.4, -0.2) is 35.3 Å². The van der Waals surface area contributed by atoms with Gasteiger partial charge in [0.1, 0.15) is 0 Å². The molecule has 2 atom stereocenters. The van der Waals surface area contributed by atoms with Crippen LogP contribution >= 0.6 is 0 Å². The van der Waals surface area contributed by atoms with Crippen LogP contribution in [0.5, 0.6) is 0 Å². The molecule has 2 unspecified atom stereocenters. The van der Waals surface area contributed by atoms with Crippen LogP contribution in [0.3, 0.4) is 0 Å². The number of amides is 2. The van der Waals surface area contributed by atoms with Gasteiger partial charge in [0.25, 0.3) is 0 Å². The van der Waals surface area contributed by atoms with Crippen LogP contribution in [0.2, 0.25) is 0 Å². The lowest BCUT2D eigenvalue weighted by atomic mass is 10.2. The number of rotatable bonds is 5. The minimum absolute atomic E-state index is 0.0144. The Bertz CT molecular complexity index is 319. The summed E-state index contributed by atoms with van der Waals surface area (Å²) in [6, 6.07) is -0.394. The summed E-state index contributed by atoms with van der Waals surface area (Å²) in [7, 11) is 0.